The van der Waals surface area contributed by atoms with E-state index >= 15 is 0 Å². The van der Waals surface area contributed by atoms with Crippen LogP contribution >= 0.6 is 11.6 Å². The summed E-state index contributed by atoms with van der Waals surface area (Å²) in [6.45, 7) is 4.31. The molecule has 0 aromatic heterocycles. The fraction of sp³-hybridized carbons (Fsp3) is 0.216. The lowest BCUT2D eigenvalue weighted by molar-refractivity contribution is -0.121. The average Bonchev–Trinajstić information content (AvgIpc) is 3.49. The van der Waals surface area contributed by atoms with Crippen LogP contribution in [0, 0.1) is 11.8 Å². The van der Waals surface area contributed by atoms with Crippen molar-refractivity contribution in [1.29, 1.82) is 0 Å². The Hall–Kier alpha value is -4.48. The van der Waals surface area contributed by atoms with Crippen LogP contribution in [0.3, 0.4) is 0 Å². The summed E-state index contributed by atoms with van der Waals surface area (Å²) in [5, 5.41) is 3.39. The summed E-state index contributed by atoms with van der Waals surface area (Å²) in [4.78, 5) is 46.2. The van der Waals surface area contributed by atoms with Gasteiger partial charge in [-0.2, -0.15) is 0 Å². The van der Waals surface area contributed by atoms with E-state index in [9.17, 15) is 14.4 Å². The van der Waals surface area contributed by atoms with E-state index in [4.69, 9.17) is 11.6 Å². The molecule has 0 aliphatic carbocycles. The molecule has 1 saturated heterocycles. The lowest BCUT2D eigenvalue weighted by Crippen LogP contribution is -2.51. The van der Waals surface area contributed by atoms with Crippen LogP contribution < -0.4 is 10.2 Å². The standard InChI is InChI=1S/C37H31ClN2O3/c1-22(2)21-23-15-17-25(18-16-23)34(41)32-33(35(42)26-10-4-6-12-28(26)38)40-30-14-8-3-9-24(30)19-20-31(40)37(32)27-11-5-7-13-29(27)39-36(37)43/h3-20,22,31-33H,21H2,1-2H3,(H,39,43)/t31-,32-,33+,37+/m0/s1. The van der Waals surface area contributed by atoms with E-state index in [1.165, 1.54) is 0 Å². The van der Waals surface area contributed by atoms with Crippen molar-refractivity contribution in [2.24, 2.45) is 11.8 Å². The Bertz CT molecular complexity index is 1810. The number of benzene rings is 4. The van der Waals surface area contributed by atoms with Crippen molar-refractivity contribution >= 4 is 46.5 Å². The Morgan fingerprint density at radius 2 is 1.58 bits per heavy atom. The summed E-state index contributed by atoms with van der Waals surface area (Å²) in [6, 6.07) is 28.3. The second-order valence-electron chi connectivity index (χ2n) is 12.1. The highest BCUT2D eigenvalue weighted by molar-refractivity contribution is 6.34. The Balaban J connectivity index is 1.49. The molecule has 1 spiro atoms. The number of Topliss-reactive ketones (excluding diaryl/α,β-unsaturated/α-hetero) is 2. The fourth-order valence-electron chi connectivity index (χ4n) is 7.40. The topological polar surface area (TPSA) is 66.5 Å². The van der Waals surface area contributed by atoms with Gasteiger partial charge in [-0.15, -0.1) is 0 Å². The van der Waals surface area contributed by atoms with Crippen molar-refractivity contribution in [1.82, 2.24) is 0 Å². The molecule has 1 fully saturated rings. The Labute approximate surface area is 256 Å². The third kappa shape index (κ3) is 4.09. The average molecular weight is 587 g/mol. The number of hydrogen-bond acceptors (Lipinski definition) is 4. The van der Waals surface area contributed by atoms with E-state index in [0.29, 0.717) is 27.8 Å². The van der Waals surface area contributed by atoms with Gasteiger partial charge in [0.1, 0.15) is 11.5 Å². The molecular formula is C37H31ClN2O3. The van der Waals surface area contributed by atoms with Gasteiger partial charge in [-0.3, -0.25) is 14.4 Å². The largest absolute Gasteiger partial charge is 0.352 e. The van der Waals surface area contributed by atoms with E-state index in [-0.39, 0.29) is 17.5 Å². The van der Waals surface area contributed by atoms with Crippen molar-refractivity contribution in [3.05, 3.63) is 136 Å². The first-order valence-electron chi connectivity index (χ1n) is 14.7. The van der Waals surface area contributed by atoms with Gasteiger partial charge < -0.3 is 10.2 Å². The number of hydrogen-bond donors (Lipinski definition) is 1. The van der Waals surface area contributed by atoms with Crippen LogP contribution in [0.2, 0.25) is 5.02 Å². The molecule has 7 rings (SSSR count). The number of anilines is 2. The highest BCUT2D eigenvalue weighted by Crippen LogP contribution is 2.58. The van der Waals surface area contributed by atoms with Crippen LogP contribution in [0.4, 0.5) is 11.4 Å². The molecule has 43 heavy (non-hydrogen) atoms. The molecule has 5 nitrogen and oxygen atoms in total. The first kappa shape index (κ1) is 27.4. The number of nitrogens with zero attached hydrogens (tertiary/aromatic N) is 1. The van der Waals surface area contributed by atoms with Gasteiger partial charge in [0.25, 0.3) is 0 Å². The number of para-hydroxylation sites is 2. The monoisotopic (exact) mass is 586 g/mol. The van der Waals surface area contributed by atoms with Crippen LogP contribution in [0.15, 0.2) is 103 Å². The van der Waals surface area contributed by atoms with E-state index in [1.54, 1.807) is 24.3 Å². The van der Waals surface area contributed by atoms with Gasteiger partial charge >= 0.3 is 0 Å². The molecule has 4 aromatic carbocycles. The first-order valence-corrected chi connectivity index (χ1v) is 15.1. The van der Waals surface area contributed by atoms with Crippen molar-refractivity contribution in [3.63, 3.8) is 0 Å². The van der Waals surface area contributed by atoms with Crippen LogP contribution in [0.5, 0.6) is 0 Å². The number of carbonyl (C=O) groups is 3. The summed E-state index contributed by atoms with van der Waals surface area (Å²) in [7, 11) is 0. The van der Waals surface area contributed by atoms with Gasteiger partial charge in [0.2, 0.25) is 5.91 Å². The van der Waals surface area contributed by atoms with E-state index < -0.39 is 23.4 Å². The lowest BCUT2D eigenvalue weighted by atomic mass is 9.64. The Morgan fingerprint density at radius 3 is 2.35 bits per heavy atom. The fourth-order valence-corrected chi connectivity index (χ4v) is 7.63. The number of amides is 1. The molecule has 4 atom stereocenters. The Kier molecular flexibility index (Phi) is 6.59. The van der Waals surface area contributed by atoms with Crippen molar-refractivity contribution in [2.45, 2.75) is 37.8 Å². The third-order valence-electron chi connectivity index (χ3n) is 9.11. The van der Waals surface area contributed by atoms with Gasteiger partial charge in [0.05, 0.1) is 17.0 Å². The number of rotatable bonds is 6. The predicted molar refractivity (Wildman–Crippen MR) is 171 cm³/mol. The van der Waals surface area contributed by atoms with Crippen molar-refractivity contribution in [3.8, 4) is 0 Å². The van der Waals surface area contributed by atoms with Gasteiger partial charge in [-0.1, -0.05) is 110 Å². The van der Waals surface area contributed by atoms with E-state index in [2.05, 4.69) is 19.2 Å². The molecule has 0 saturated carbocycles. The van der Waals surface area contributed by atoms with Gasteiger partial charge in [-0.05, 0) is 53.3 Å². The van der Waals surface area contributed by atoms with E-state index in [0.717, 1.165) is 28.8 Å². The quantitative estimate of drug-likeness (QED) is 0.239. The molecule has 0 bridgehead atoms. The summed E-state index contributed by atoms with van der Waals surface area (Å²) in [6.07, 6.45) is 4.87. The minimum absolute atomic E-state index is 0.242. The van der Waals surface area contributed by atoms with Crippen LogP contribution in [-0.4, -0.2) is 29.6 Å². The molecule has 3 heterocycles. The van der Waals surface area contributed by atoms with Crippen molar-refractivity contribution in [2.75, 3.05) is 10.2 Å². The van der Waals surface area contributed by atoms with Gasteiger partial charge in [0.15, 0.2) is 11.6 Å². The number of halogens is 1. The zero-order valence-electron chi connectivity index (χ0n) is 24.0. The molecule has 3 aliphatic heterocycles. The number of fused-ring (bicyclic) bond motifs is 6. The summed E-state index contributed by atoms with van der Waals surface area (Å²) < 4.78 is 0. The second kappa shape index (κ2) is 10.4. The number of nitrogens with one attached hydrogen (secondary N) is 1. The highest BCUT2D eigenvalue weighted by atomic mass is 35.5. The summed E-state index contributed by atoms with van der Waals surface area (Å²) >= 11 is 6.62. The maximum absolute atomic E-state index is 15.0. The van der Waals surface area contributed by atoms with Gasteiger partial charge in [0, 0.05) is 22.5 Å². The molecule has 1 N–H and O–H groups in total. The van der Waals surface area contributed by atoms with E-state index in [1.807, 2.05) is 89.8 Å². The zero-order chi connectivity index (χ0) is 29.9. The SMILES string of the molecule is CC(C)Cc1ccc(C(=O)[C@@H]2[C@H](C(=O)c3ccccc3Cl)N3c4ccccc4C=C[C@H]3[C@@]23C(=O)Nc2ccccc23)cc1. The maximum atomic E-state index is 15.0. The molecular weight excluding hydrogens is 556 g/mol. The minimum Gasteiger partial charge on any atom is -0.352 e. The van der Waals surface area contributed by atoms with Gasteiger partial charge in [-0.25, -0.2) is 0 Å². The first-order chi connectivity index (χ1) is 20.8. The minimum atomic E-state index is -1.35. The maximum Gasteiger partial charge on any atom is 0.238 e. The molecule has 6 heteroatoms. The molecule has 0 unspecified atom stereocenters. The normalized spacial score (nSPS) is 23.2. The summed E-state index contributed by atoms with van der Waals surface area (Å²) in [5.41, 5.74) is 3.70. The molecule has 214 valence electrons. The molecule has 3 aliphatic rings. The number of carbonyl (C=O) groups excluding carboxylic acids is 3. The molecule has 0 radical (unpaired) electrons. The zero-order valence-corrected chi connectivity index (χ0v) is 24.7. The Morgan fingerprint density at radius 1 is 0.884 bits per heavy atom. The van der Waals surface area contributed by atoms with Crippen molar-refractivity contribution < 1.29 is 14.4 Å². The summed E-state index contributed by atoms with van der Waals surface area (Å²) in [5.74, 6) is -1.37. The second-order valence-corrected chi connectivity index (χ2v) is 12.5. The molecule has 1 amide bonds. The third-order valence-corrected chi connectivity index (χ3v) is 9.44. The number of ketones is 2. The van der Waals surface area contributed by atoms with Crippen LogP contribution in [0.1, 0.15) is 51.3 Å². The van der Waals surface area contributed by atoms with Crippen LogP contribution in [0.25, 0.3) is 6.08 Å². The predicted octanol–water partition coefficient (Wildman–Crippen LogP) is 7.39. The lowest BCUT2D eigenvalue weighted by Gasteiger charge is -2.37. The van der Waals surface area contributed by atoms with Crippen LogP contribution in [-0.2, 0) is 16.6 Å². The highest BCUT2D eigenvalue weighted by Gasteiger charge is 2.70. The smallest absolute Gasteiger partial charge is 0.238 e. The molecule has 4 aromatic rings.